The van der Waals surface area contributed by atoms with E-state index in [2.05, 4.69) is 15.5 Å². The van der Waals surface area contributed by atoms with Gasteiger partial charge in [0.2, 0.25) is 17.6 Å². The molecule has 24 heavy (non-hydrogen) atoms. The number of benzene rings is 2. The summed E-state index contributed by atoms with van der Waals surface area (Å²) in [4.78, 5) is 16.4. The van der Waals surface area contributed by atoms with E-state index in [4.69, 9.17) is 4.52 Å². The zero-order valence-corrected chi connectivity index (χ0v) is 13.5. The monoisotopic (exact) mass is 321 g/mol. The summed E-state index contributed by atoms with van der Waals surface area (Å²) in [6.45, 7) is 1.84. The van der Waals surface area contributed by atoms with Crippen LogP contribution >= 0.6 is 0 Å². The molecule has 5 nitrogen and oxygen atoms in total. The molecule has 0 fully saturated rings. The van der Waals surface area contributed by atoms with Crippen molar-refractivity contribution < 1.29 is 9.32 Å². The molecule has 1 heterocycles. The highest BCUT2D eigenvalue weighted by molar-refractivity contribution is 5.76. The topological polar surface area (TPSA) is 68.0 Å². The molecule has 0 radical (unpaired) electrons. The number of nitrogens with zero attached hydrogens (tertiary/aromatic N) is 2. The summed E-state index contributed by atoms with van der Waals surface area (Å²) in [7, 11) is 0. The highest BCUT2D eigenvalue weighted by Gasteiger charge is 2.17. The van der Waals surface area contributed by atoms with E-state index in [1.165, 1.54) is 0 Å². The van der Waals surface area contributed by atoms with Gasteiger partial charge in [0.1, 0.15) is 6.04 Å². The van der Waals surface area contributed by atoms with Gasteiger partial charge < -0.3 is 9.84 Å². The predicted molar refractivity (Wildman–Crippen MR) is 91.1 cm³/mol. The van der Waals surface area contributed by atoms with E-state index in [1.54, 1.807) is 0 Å². The standard InChI is InChI=1S/C19H19N3O2/c1-14(20-17(23)13-12-15-8-4-2-5-9-15)19-21-18(22-24-19)16-10-6-3-7-11-16/h2-11,14H,12-13H2,1H3,(H,20,23). The number of aryl methyl sites for hydroxylation is 1. The summed E-state index contributed by atoms with van der Waals surface area (Å²) in [5.74, 6) is 0.892. The first-order valence-corrected chi connectivity index (χ1v) is 7.94. The van der Waals surface area contributed by atoms with E-state index < -0.39 is 0 Å². The molecule has 3 rings (SSSR count). The first kappa shape index (κ1) is 15.9. The molecule has 1 unspecified atom stereocenters. The van der Waals surface area contributed by atoms with Crippen molar-refractivity contribution >= 4 is 5.91 Å². The number of hydrogen-bond acceptors (Lipinski definition) is 4. The van der Waals surface area contributed by atoms with Crippen LogP contribution in [0.3, 0.4) is 0 Å². The Morgan fingerprint density at radius 1 is 1.08 bits per heavy atom. The molecular weight excluding hydrogens is 302 g/mol. The van der Waals surface area contributed by atoms with Gasteiger partial charge in [-0.2, -0.15) is 4.98 Å². The van der Waals surface area contributed by atoms with Crippen molar-refractivity contribution in [1.82, 2.24) is 15.5 Å². The smallest absolute Gasteiger partial charge is 0.249 e. The summed E-state index contributed by atoms with van der Waals surface area (Å²) in [6.07, 6.45) is 1.13. The van der Waals surface area contributed by atoms with Crippen LogP contribution < -0.4 is 5.32 Å². The molecule has 0 aliphatic heterocycles. The number of hydrogen-bond donors (Lipinski definition) is 1. The summed E-state index contributed by atoms with van der Waals surface area (Å²) < 4.78 is 5.27. The maximum absolute atomic E-state index is 12.1. The van der Waals surface area contributed by atoms with E-state index in [9.17, 15) is 4.79 Å². The number of aromatic nitrogens is 2. The van der Waals surface area contributed by atoms with Gasteiger partial charge in [0, 0.05) is 12.0 Å². The Morgan fingerprint density at radius 2 is 1.75 bits per heavy atom. The second-order valence-corrected chi connectivity index (χ2v) is 5.60. The molecule has 0 saturated carbocycles. The van der Waals surface area contributed by atoms with Crippen LogP contribution in [0.1, 0.15) is 30.8 Å². The van der Waals surface area contributed by atoms with E-state index >= 15 is 0 Å². The molecule has 1 aromatic heterocycles. The van der Waals surface area contributed by atoms with Crippen molar-refractivity contribution in [3.63, 3.8) is 0 Å². The fraction of sp³-hybridized carbons (Fsp3) is 0.211. The highest BCUT2D eigenvalue weighted by Crippen LogP contribution is 2.18. The zero-order chi connectivity index (χ0) is 16.8. The molecule has 2 aromatic carbocycles. The minimum atomic E-state index is -0.321. The van der Waals surface area contributed by atoms with E-state index in [-0.39, 0.29) is 11.9 Å². The number of carbonyl (C=O) groups is 1. The van der Waals surface area contributed by atoms with Crippen molar-refractivity contribution in [2.75, 3.05) is 0 Å². The Morgan fingerprint density at radius 3 is 2.46 bits per heavy atom. The lowest BCUT2D eigenvalue weighted by atomic mass is 10.1. The minimum absolute atomic E-state index is 0.0363. The highest BCUT2D eigenvalue weighted by atomic mass is 16.5. The molecule has 1 amide bonds. The van der Waals surface area contributed by atoms with E-state index in [1.807, 2.05) is 67.6 Å². The molecule has 5 heteroatoms. The van der Waals surface area contributed by atoms with Gasteiger partial charge in [0.15, 0.2) is 0 Å². The van der Waals surface area contributed by atoms with Crippen molar-refractivity contribution in [1.29, 1.82) is 0 Å². The Labute approximate surface area is 140 Å². The molecule has 0 saturated heterocycles. The second kappa shape index (κ2) is 7.55. The van der Waals surface area contributed by atoms with Crippen molar-refractivity contribution in [3.05, 3.63) is 72.1 Å². The zero-order valence-electron chi connectivity index (χ0n) is 13.5. The molecule has 1 N–H and O–H groups in total. The molecule has 122 valence electrons. The first-order valence-electron chi connectivity index (χ1n) is 7.94. The third kappa shape index (κ3) is 4.07. The maximum Gasteiger partial charge on any atom is 0.249 e. The van der Waals surface area contributed by atoms with Gasteiger partial charge in [-0.05, 0) is 18.9 Å². The Bertz CT molecular complexity index is 785. The van der Waals surface area contributed by atoms with Crippen LogP contribution in [-0.2, 0) is 11.2 Å². The van der Waals surface area contributed by atoms with Crippen LogP contribution in [0.25, 0.3) is 11.4 Å². The Kier molecular flexibility index (Phi) is 5.01. The van der Waals surface area contributed by atoms with E-state index in [0.717, 1.165) is 11.1 Å². The number of nitrogens with one attached hydrogen (secondary N) is 1. The molecule has 1 atom stereocenters. The lowest BCUT2D eigenvalue weighted by molar-refractivity contribution is -0.121. The Balaban J connectivity index is 1.56. The maximum atomic E-state index is 12.1. The minimum Gasteiger partial charge on any atom is -0.345 e. The van der Waals surface area contributed by atoms with Crippen molar-refractivity contribution in [2.24, 2.45) is 0 Å². The van der Waals surface area contributed by atoms with Gasteiger partial charge in [-0.3, -0.25) is 4.79 Å². The van der Waals surface area contributed by atoms with Crippen LogP contribution in [0.5, 0.6) is 0 Å². The lowest BCUT2D eigenvalue weighted by Gasteiger charge is -2.09. The summed E-state index contributed by atoms with van der Waals surface area (Å²) in [5, 5.41) is 6.87. The summed E-state index contributed by atoms with van der Waals surface area (Å²) in [5.41, 5.74) is 2.03. The predicted octanol–water partition coefficient (Wildman–Crippen LogP) is 3.55. The van der Waals surface area contributed by atoms with Crippen LogP contribution in [0.2, 0.25) is 0 Å². The van der Waals surface area contributed by atoms with Crippen LogP contribution in [0.4, 0.5) is 0 Å². The average Bonchev–Trinajstić information content (AvgIpc) is 3.12. The fourth-order valence-electron chi connectivity index (χ4n) is 2.39. The normalized spacial score (nSPS) is 11.9. The second-order valence-electron chi connectivity index (χ2n) is 5.60. The molecule has 0 bridgehead atoms. The largest absolute Gasteiger partial charge is 0.345 e. The molecular formula is C19H19N3O2. The van der Waals surface area contributed by atoms with Crippen LogP contribution in [0, 0.1) is 0 Å². The number of amides is 1. The first-order chi connectivity index (χ1) is 11.7. The van der Waals surface area contributed by atoms with Gasteiger partial charge in [-0.15, -0.1) is 0 Å². The number of carbonyl (C=O) groups excluding carboxylic acids is 1. The number of rotatable bonds is 6. The SMILES string of the molecule is CC(NC(=O)CCc1ccccc1)c1nc(-c2ccccc2)no1. The van der Waals surface area contributed by atoms with Crippen LogP contribution in [-0.4, -0.2) is 16.0 Å². The fourth-order valence-corrected chi connectivity index (χ4v) is 2.39. The molecule has 0 spiro atoms. The third-order valence-electron chi connectivity index (χ3n) is 3.71. The molecule has 0 aliphatic rings. The average molecular weight is 321 g/mol. The van der Waals surface area contributed by atoms with Gasteiger partial charge in [0.25, 0.3) is 0 Å². The molecule has 0 aliphatic carbocycles. The third-order valence-corrected chi connectivity index (χ3v) is 3.71. The quantitative estimate of drug-likeness (QED) is 0.754. The van der Waals surface area contributed by atoms with Gasteiger partial charge >= 0.3 is 0 Å². The van der Waals surface area contributed by atoms with Crippen LogP contribution in [0.15, 0.2) is 65.2 Å². The van der Waals surface area contributed by atoms with Crippen molar-refractivity contribution in [3.8, 4) is 11.4 Å². The van der Waals surface area contributed by atoms with Gasteiger partial charge in [0.05, 0.1) is 0 Å². The van der Waals surface area contributed by atoms with Crippen molar-refractivity contribution in [2.45, 2.75) is 25.8 Å². The lowest BCUT2D eigenvalue weighted by Crippen LogP contribution is -2.27. The van der Waals surface area contributed by atoms with Gasteiger partial charge in [-0.25, -0.2) is 0 Å². The summed E-state index contributed by atoms with van der Waals surface area (Å²) >= 11 is 0. The Hall–Kier alpha value is -2.95. The summed E-state index contributed by atoms with van der Waals surface area (Å²) in [6, 6.07) is 19.2. The van der Waals surface area contributed by atoms with Gasteiger partial charge in [-0.1, -0.05) is 65.8 Å². The van der Waals surface area contributed by atoms with E-state index in [0.29, 0.717) is 24.6 Å². The molecule has 3 aromatic rings.